The normalized spacial score (nSPS) is 13.2. The average Bonchev–Trinajstić information content (AvgIpc) is 3.98. The Hall–Kier alpha value is -2.60. The summed E-state index contributed by atoms with van der Waals surface area (Å²) in [6.07, 6.45) is 38.4. The maximum atomic E-state index is 3.92. The Morgan fingerprint density at radius 1 is 0.267 bits per heavy atom. The molecule has 4 aromatic heterocycles. The molecule has 0 atom stereocenters. The van der Waals surface area contributed by atoms with Crippen molar-refractivity contribution in [3.05, 3.63) is 83.5 Å². The van der Waals surface area contributed by atoms with Crippen LogP contribution in [0, 0.1) is 23.7 Å². The highest BCUT2D eigenvalue weighted by atomic mass is 32.1. The van der Waals surface area contributed by atoms with Crippen LogP contribution >= 0.6 is 45.3 Å². The minimum atomic E-state index is 1.12. The van der Waals surface area contributed by atoms with Crippen molar-refractivity contribution in [2.75, 3.05) is 0 Å². The molecular formula is C56H76S4. The highest BCUT2D eigenvalue weighted by Crippen LogP contribution is 2.39. The van der Waals surface area contributed by atoms with Gasteiger partial charge >= 0.3 is 0 Å². The molecule has 60 heavy (non-hydrogen) atoms. The molecule has 0 saturated carbocycles. The van der Waals surface area contributed by atoms with E-state index >= 15 is 0 Å². The number of hydrogen-bond acceptors (Lipinski definition) is 4. The summed E-state index contributed by atoms with van der Waals surface area (Å²) in [6.45, 7) is 18.7. The van der Waals surface area contributed by atoms with Crippen molar-refractivity contribution in [3.8, 4) is 23.7 Å². The fourth-order valence-corrected chi connectivity index (χ4v) is 13.2. The van der Waals surface area contributed by atoms with E-state index in [0.717, 1.165) is 51.4 Å². The number of thiophene rings is 4. The summed E-state index contributed by atoms with van der Waals surface area (Å²) >= 11 is 7.88. The van der Waals surface area contributed by atoms with E-state index in [1.54, 1.807) is 22.3 Å². The smallest absolute Gasteiger partial charge is 0.0813 e. The van der Waals surface area contributed by atoms with Gasteiger partial charge in [-0.3, -0.25) is 0 Å². The SMILES string of the molecule is CCCCc1c2sc(c1CCCC)/C=C\c1sc(c(CCCC)c1CCCC)C#Cc1sc(c(CCCC)c1CCCC)/C=C\c1sc(c(CCCC)c1CCCC)C#C2. The van der Waals surface area contributed by atoms with E-state index in [-0.39, 0.29) is 0 Å². The van der Waals surface area contributed by atoms with E-state index in [1.807, 2.05) is 45.3 Å². The van der Waals surface area contributed by atoms with Gasteiger partial charge in [-0.15, -0.1) is 45.3 Å². The molecule has 1 aliphatic rings. The van der Waals surface area contributed by atoms with Crippen molar-refractivity contribution in [2.45, 2.75) is 209 Å². The van der Waals surface area contributed by atoms with Crippen molar-refractivity contribution in [1.29, 1.82) is 0 Å². The second-order valence-corrected chi connectivity index (χ2v) is 21.2. The summed E-state index contributed by atoms with van der Waals surface area (Å²) in [6, 6.07) is 0. The van der Waals surface area contributed by atoms with Gasteiger partial charge in [0.05, 0.1) is 19.5 Å². The second-order valence-electron chi connectivity index (χ2n) is 17.0. The Kier molecular flexibility index (Phi) is 21.1. The van der Waals surface area contributed by atoms with Crippen molar-refractivity contribution >= 4 is 69.7 Å². The molecule has 0 amide bonds. The fourth-order valence-electron chi connectivity index (χ4n) is 8.53. The summed E-state index contributed by atoms with van der Waals surface area (Å²) in [5.41, 5.74) is 12.4. The monoisotopic (exact) mass is 876 g/mol. The van der Waals surface area contributed by atoms with E-state index in [2.05, 4.69) is 103 Å². The predicted molar refractivity (Wildman–Crippen MR) is 276 cm³/mol. The molecule has 324 valence electrons. The summed E-state index contributed by atoms with van der Waals surface area (Å²) in [4.78, 5) is 11.0. The van der Waals surface area contributed by atoms with Crippen LogP contribution in [0.5, 0.6) is 0 Å². The van der Waals surface area contributed by atoms with Crippen molar-refractivity contribution in [1.82, 2.24) is 0 Å². The predicted octanol–water partition coefficient (Wildman–Crippen LogP) is 18.1. The minimum Gasteiger partial charge on any atom is -0.127 e. The largest absolute Gasteiger partial charge is 0.127 e. The molecule has 0 radical (unpaired) electrons. The molecule has 4 heteroatoms. The first-order valence-electron chi connectivity index (χ1n) is 24.4. The first-order valence-corrected chi connectivity index (χ1v) is 27.7. The summed E-state index contributed by atoms with van der Waals surface area (Å²) in [5, 5.41) is 0. The molecule has 5 rings (SSSR count). The van der Waals surface area contributed by atoms with Gasteiger partial charge in [-0.2, -0.15) is 0 Å². The summed E-state index contributed by atoms with van der Waals surface area (Å²) < 4.78 is 0. The molecule has 4 aromatic rings. The van der Waals surface area contributed by atoms with Crippen LogP contribution in [-0.2, 0) is 51.4 Å². The molecule has 1 aliphatic heterocycles. The highest BCUT2D eigenvalue weighted by molar-refractivity contribution is 7.15. The molecule has 0 N–H and O–H groups in total. The zero-order valence-electron chi connectivity index (χ0n) is 38.9. The Bertz CT molecular complexity index is 1830. The maximum absolute atomic E-state index is 3.92. The number of rotatable bonds is 24. The summed E-state index contributed by atoms with van der Waals surface area (Å²) in [5.74, 6) is 15.7. The third kappa shape index (κ3) is 12.7. The Labute approximate surface area is 383 Å². The third-order valence-corrected chi connectivity index (χ3v) is 16.8. The lowest BCUT2D eigenvalue weighted by Gasteiger charge is -2.07. The van der Waals surface area contributed by atoms with Crippen LogP contribution in [0.1, 0.15) is 242 Å². The number of hydrogen-bond donors (Lipinski definition) is 0. The van der Waals surface area contributed by atoms with E-state index in [4.69, 9.17) is 0 Å². The molecule has 0 saturated heterocycles. The Balaban J connectivity index is 1.85. The van der Waals surface area contributed by atoms with Crippen molar-refractivity contribution < 1.29 is 0 Å². The molecule has 0 nitrogen and oxygen atoms in total. The molecule has 0 unspecified atom stereocenters. The van der Waals surface area contributed by atoms with Gasteiger partial charge in [-0.05, 0) is 195 Å². The second kappa shape index (κ2) is 26.1. The van der Waals surface area contributed by atoms with Gasteiger partial charge in [0.1, 0.15) is 0 Å². The lowest BCUT2D eigenvalue weighted by atomic mass is 9.96. The van der Waals surface area contributed by atoms with Crippen LogP contribution in [0.2, 0.25) is 0 Å². The van der Waals surface area contributed by atoms with Gasteiger partial charge in [0.2, 0.25) is 0 Å². The fraction of sp³-hybridized carbons (Fsp3) is 0.571. The lowest BCUT2D eigenvalue weighted by molar-refractivity contribution is 0.760. The molecule has 8 bridgehead atoms. The molecular weight excluding hydrogens is 801 g/mol. The van der Waals surface area contributed by atoms with Gasteiger partial charge in [-0.1, -0.05) is 107 Å². The average molecular weight is 877 g/mol. The lowest BCUT2D eigenvalue weighted by Crippen LogP contribution is -1.96. The van der Waals surface area contributed by atoms with Crippen molar-refractivity contribution in [2.24, 2.45) is 0 Å². The maximum Gasteiger partial charge on any atom is 0.0813 e. The van der Waals surface area contributed by atoms with Crippen molar-refractivity contribution in [3.63, 3.8) is 0 Å². The Morgan fingerprint density at radius 3 is 0.600 bits per heavy atom. The topological polar surface area (TPSA) is 0 Å². The van der Waals surface area contributed by atoms with Gasteiger partial charge in [0, 0.05) is 19.5 Å². The van der Waals surface area contributed by atoms with Crippen LogP contribution in [0.4, 0.5) is 0 Å². The zero-order valence-corrected chi connectivity index (χ0v) is 42.2. The minimum absolute atomic E-state index is 1.12. The molecule has 0 fully saturated rings. The molecule has 0 aliphatic carbocycles. The van der Waals surface area contributed by atoms with E-state index < -0.39 is 0 Å². The van der Waals surface area contributed by atoms with Gasteiger partial charge in [-0.25, -0.2) is 0 Å². The first kappa shape index (κ1) is 48.4. The van der Waals surface area contributed by atoms with Crippen LogP contribution in [-0.4, -0.2) is 0 Å². The van der Waals surface area contributed by atoms with Gasteiger partial charge in [0.15, 0.2) is 0 Å². The number of fused-ring (bicyclic) bond motifs is 8. The van der Waals surface area contributed by atoms with Crippen LogP contribution < -0.4 is 0 Å². The highest BCUT2D eigenvalue weighted by Gasteiger charge is 2.21. The Morgan fingerprint density at radius 2 is 0.433 bits per heavy atom. The first-order chi connectivity index (χ1) is 29.5. The van der Waals surface area contributed by atoms with E-state index in [0.29, 0.717) is 0 Å². The van der Waals surface area contributed by atoms with E-state index in [1.165, 1.54) is 164 Å². The zero-order chi connectivity index (χ0) is 42.7. The number of unbranched alkanes of at least 4 members (excludes halogenated alkanes) is 8. The quantitative estimate of drug-likeness (QED) is 0.0542. The summed E-state index contributed by atoms with van der Waals surface area (Å²) in [7, 11) is 0. The van der Waals surface area contributed by atoms with Gasteiger partial charge < -0.3 is 0 Å². The van der Waals surface area contributed by atoms with Crippen LogP contribution in [0.15, 0.2) is 0 Å². The third-order valence-electron chi connectivity index (χ3n) is 12.2. The molecule has 0 aromatic carbocycles. The molecule has 5 heterocycles. The molecule has 0 spiro atoms. The van der Waals surface area contributed by atoms with E-state index in [9.17, 15) is 0 Å². The van der Waals surface area contributed by atoms with Gasteiger partial charge in [0.25, 0.3) is 0 Å². The van der Waals surface area contributed by atoms with Crippen LogP contribution in [0.3, 0.4) is 0 Å². The standard InChI is InChI=1S/C56H76S4/c1-9-17-25-41-42(26-18-10-2)50-35-36-52-45(29-21-13-5)46(30-22-14-6)54(59-52)39-40-56-48(32-24-16-8)47(31-23-15-7)55(60-56)38-37-53-44(28-20-12-4)43(27-19-11-3)51(58-53)34-33-49(41)57-50/h33-34,39-40H,9-32H2,1-8H3/b34-33-,40-39-,49-33?,51-34?,54-39?,56-40?. The van der Waals surface area contributed by atoms with Crippen LogP contribution in [0.25, 0.3) is 24.3 Å².